The van der Waals surface area contributed by atoms with Crippen LogP contribution >= 0.6 is 0 Å². The lowest BCUT2D eigenvalue weighted by Crippen LogP contribution is -2.43. The van der Waals surface area contributed by atoms with Crippen molar-refractivity contribution < 1.29 is 0 Å². The third-order valence-corrected chi connectivity index (χ3v) is 3.47. The van der Waals surface area contributed by atoms with Crippen molar-refractivity contribution in [3.8, 4) is 6.07 Å². The van der Waals surface area contributed by atoms with Crippen molar-refractivity contribution in [3.05, 3.63) is 29.8 Å². The summed E-state index contributed by atoms with van der Waals surface area (Å²) in [6.45, 7) is 4.55. The normalized spacial score (nSPS) is 25.2. The van der Waals surface area contributed by atoms with Crippen molar-refractivity contribution in [2.45, 2.75) is 45.2 Å². The summed E-state index contributed by atoms with van der Waals surface area (Å²) in [7, 11) is 0. The second-order valence-corrected chi connectivity index (χ2v) is 4.70. The summed E-state index contributed by atoms with van der Waals surface area (Å²) < 4.78 is 0. The van der Waals surface area contributed by atoms with Crippen LogP contribution in [0, 0.1) is 11.3 Å². The first-order valence-electron chi connectivity index (χ1n) is 6.01. The van der Waals surface area contributed by atoms with E-state index in [1.807, 2.05) is 18.2 Å². The van der Waals surface area contributed by atoms with E-state index in [9.17, 15) is 0 Å². The molecule has 2 heteroatoms. The van der Waals surface area contributed by atoms with Crippen LogP contribution in [-0.4, -0.2) is 12.1 Å². The molecule has 0 radical (unpaired) electrons. The molecular weight excluding hydrogens is 196 g/mol. The zero-order valence-corrected chi connectivity index (χ0v) is 9.98. The van der Waals surface area contributed by atoms with Crippen LogP contribution in [0.2, 0.25) is 0 Å². The summed E-state index contributed by atoms with van der Waals surface area (Å²) in [5.41, 5.74) is 1.95. The quantitative estimate of drug-likeness (QED) is 0.717. The van der Waals surface area contributed by atoms with Gasteiger partial charge in [0.25, 0.3) is 0 Å². The van der Waals surface area contributed by atoms with Crippen molar-refractivity contribution in [3.63, 3.8) is 0 Å². The molecule has 2 nitrogen and oxygen atoms in total. The van der Waals surface area contributed by atoms with Crippen molar-refractivity contribution in [2.24, 2.45) is 0 Å². The molecule has 0 aromatic heterocycles. The predicted molar refractivity (Wildman–Crippen MR) is 66.4 cm³/mol. The molecule has 1 aliphatic rings. The fourth-order valence-corrected chi connectivity index (χ4v) is 2.67. The molecule has 0 aliphatic carbocycles. The van der Waals surface area contributed by atoms with Crippen molar-refractivity contribution >= 4 is 5.69 Å². The maximum Gasteiger partial charge on any atom is 0.0992 e. The number of nitrogens with zero attached hydrogens (tertiary/aromatic N) is 2. The van der Waals surface area contributed by atoms with Crippen molar-refractivity contribution in [1.29, 1.82) is 5.26 Å². The van der Waals surface area contributed by atoms with Crippen molar-refractivity contribution in [1.82, 2.24) is 0 Å². The average Bonchev–Trinajstić information content (AvgIpc) is 2.29. The molecule has 2 rings (SSSR count). The van der Waals surface area contributed by atoms with Gasteiger partial charge in [-0.2, -0.15) is 5.26 Å². The first-order chi connectivity index (χ1) is 7.72. The van der Waals surface area contributed by atoms with E-state index in [1.54, 1.807) is 0 Å². The molecule has 16 heavy (non-hydrogen) atoms. The van der Waals surface area contributed by atoms with Crippen LogP contribution in [0.5, 0.6) is 0 Å². The van der Waals surface area contributed by atoms with Crippen LogP contribution in [0.25, 0.3) is 0 Å². The Balaban J connectivity index is 2.31. The zero-order chi connectivity index (χ0) is 11.5. The second kappa shape index (κ2) is 4.57. The molecule has 1 aromatic carbocycles. The minimum absolute atomic E-state index is 0.581. The highest BCUT2D eigenvalue weighted by Gasteiger charge is 2.24. The molecule has 0 N–H and O–H groups in total. The Hall–Kier alpha value is -1.49. The number of hydrogen-bond donors (Lipinski definition) is 0. The predicted octanol–water partition coefficient (Wildman–Crippen LogP) is 3.33. The number of piperidine rings is 1. The SMILES string of the molecule is C[C@@H]1CCC[C@H](C)N1c1cccc(C#N)c1. The molecule has 2 atom stereocenters. The van der Waals surface area contributed by atoms with Gasteiger partial charge in [-0.25, -0.2) is 0 Å². The summed E-state index contributed by atoms with van der Waals surface area (Å²) in [5, 5.41) is 8.92. The van der Waals surface area contributed by atoms with Gasteiger partial charge in [-0.15, -0.1) is 0 Å². The Morgan fingerprint density at radius 3 is 2.56 bits per heavy atom. The Morgan fingerprint density at radius 1 is 1.25 bits per heavy atom. The standard InChI is InChI=1S/C14H18N2/c1-11-5-3-6-12(2)16(11)14-8-4-7-13(9-14)10-15/h4,7-9,11-12H,3,5-6H2,1-2H3/t11-,12+. The number of anilines is 1. The van der Waals surface area contributed by atoms with E-state index in [-0.39, 0.29) is 0 Å². The van der Waals surface area contributed by atoms with Gasteiger partial charge in [0.1, 0.15) is 0 Å². The van der Waals surface area contributed by atoms with Gasteiger partial charge < -0.3 is 4.90 Å². The molecule has 0 spiro atoms. The molecule has 1 saturated heterocycles. The molecule has 1 heterocycles. The van der Waals surface area contributed by atoms with Gasteiger partial charge in [-0.1, -0.05) is 6.07 Å². The van der Waals surface area contributed by atoms with Crippen LogP contribution in [0.4, 0.5) is 5.69 Å². The van der Waals surface area contributed by atoms with Gasteiger partial charge in [-0.05, 0) is 51.3 Å². The van der Waals surface area contributed by atoms with Gasteiger partial charge >= 0.3 is 0 Å². The van der Waals surface area contributed by atoms with Gasteiger partial charge in [0, 0.05) is 17.8 Å². The zero-order valence-electron chi connectivity index (χ0n) is 9.98. The van der Waals surface area contributed by atoms with Crippen LogP contribution in [-0.2, 0) is 0 Å². The third-order valence-electron chi connectivity index (χ3n) is 3.47. The van der Waals surface area contributed by atoms with Crippen LogP contribution < -0.4 is 4.90 Å². The first-order valence-corrected chi connectivity index (χ1v) is 6.01. The summed E-state index contributed by atoms with van der Waals surface area (Å²) >= 11 is 0. The highest BCUT2D eigenvalue weighted by atomic mass is 15.2. The molecule has 0 bridgehead atoms. The Labute approximate surface area is 97.5 Å². The molecule has 0 amide bonds. The minimum atomic E-state index is 0.581. The molecular formula is C14H18N2. The summed E-state index contributed by atoms with van der Waals surface area (Å²) in [6.07, 6.45) is 3.82. The van der Waals surface area contributed by atoms with Gasteiger partial charge in [-0.3, -0.25) is 0 Å². The lowest BCUT2D eigenvalue weighted by atomic mass is 9.96. The van der Waals surface area contributed by atoms with E-state index in [0.717, 1.165) is 5.56 Å². The summed E-state index contributed by atoms with van der Waals surface area (Å²) in [6, 6.07) is 11.3. The minimum Gasteiger partial charge on any atom is -0.366 e. The average molecular weight is 214 g/mol. The number of rotatable bonds is 1. The molecule has 1 fully saturated rings. The smallest absolute Gasteiger partial charge is 0.0992 e. The van der Waals surface area contributed by atoms with Gasteiger partial charge in [0.2, 0.25) is 0 Å². The maximum atomic E-state index is 8.92. The topological polar surface area (TPSA) is 27.0 Å². The lowest BCUT2D eigenvalue weighted by Gasteiger charge is -2.41. The Kier molecular flexibility index (Phi) is 3.14. The highest BCUT2D eigenvalue weighted by Crippen LogP contribution is 2.29. The lowest BCUT2D eigenvalue weighted by molar-refractivity contribution is 0.414. The largest absolute Gasteiger partial charge is 0.366 e. The van der Waals surface area contributed by atoms with E-state index in [0.29, 0.717) is 12.1 Å². The van der Waals surface area contributed by atoms with Gasteiger partial charge in [0.05, 0.1) is 11.6 Å². The van der Waals surface area contributed by atoms with E-state index < -0.39 is 0 Å². The highest BCUT2D eigenvalue weighted by molar-refractivity contribution is 5.53. The fourth-order valence-electron chi connectivity index (χ4n) is 2.67. The Bertz CT molecular complexity index is 395. The molecule has 0 saturated carbocycles. The number of nitriles is 1. The van der Waals surface area contributed by atoms with Crippen LogP contribution in [0.3, 0.4) is 0 Å². The molecule has 1 aliphatic heterocycles. The van der Waals surface area contributed by atoms with E-state index in [4.69, 9.17) is 5.26 Å². The molecule has 84 valence electrons. The van der Waals surface area contributed by atoms with Crippen molar-refractivity contribution in [2.75, 3.05) is 4.90 Å². The Morgan fingerprint density at radius 2 is 1.94 bits per heavy atom. The molecule has 0 unspecified atom stereocenters. The number of hydrogen-bond acceptors (Lipinski definition) is 2. The third kappa shape index (κ3) is 2.04. The van der Waals surface area contributed by atoms with Crippen LogP contribution in [0.1, 0.15) is 38.7 Å². The van der Waals surface area contributed by atoms with Gasteiger partial charge in [0.15, 0.2) is 0 Å². The second-order valence-electron chi connectivity index (χ2n) is 4.70. The maximum absolute atomic E-state index is 8.92. The molecule has 1 aromatic rings. The summed E-state index contributed by atoms with van der Waals surface area (Å²) in [4.78, 5) is 2.45. The van der Waals surface area contributed by atoms with E-state index >= 15 is 0 Å². The first kappa shape index (κ1) is 11.0. The monoisotopic (exact) mass is 214 g/mol. The van der Waals surface area contributed by atoms with Crippen LogP contribution in [0.15, 0.2) is 24.3 Å². The van der Waals surface area contributed by atoms with E-state index in [2.05, 4.69) is 30.9 Å². The fraction of sp³-hybridized carbons (Fsp3) is 0.500. The van der Waals surface area contributed by atoms with E-state index in [1.165, 1.54) is 24.9 Å². The summed E-state index contributed by atoms with van der Waals surface area (Å²) in [5.74, 6) is 0. The number of benzene rings is 1.